The van der Waals surface area contributed by atoms with Crippen LogP contribution in [0.25, 0.3) is 11.3 Å². The van der Waals surface area contributed by atoms with Gasteiger partial charge in [-0.25, -0.2) is 14.8 Å². The molecule has 0 amide bonds. The predicted molar refractivity (Wildman–Crippen MR) is 90.2 cm³/mol. The molecule has 0 saturated heterocycles. The van der Waals surface area contributed by atoms with Crippen LogP contribution in [0, 0.1) is 0 Å². The second kappa shape index (κ2) is 6.78. The smallest absolute Gasteiger partial charge is 0.337 e. The van der Waals surface area contributed by atoms with Gasteiger partial charge < -0.3 is 15.2 Å². The van der Waals surface area contributed by atoms with E-state index in [0.29, 0.717) is 11.5 Å². The van der Waals surface area contributed by atoms with Crippen LogP contribution in [-0.2, 0) is 4.74 Å². The number of phenols is 1. The largest absolute Gasteiger partial charge is 0.506 e. The van der Waals surface area contributed by atoms with Gasteiger partial charge in [0.05, 0.1) is 24.1 Å². The maximum Gasteiger partial charge on any atom is 0.337 e. The van der Waals surface area contributed by atoms with Crippen molar-refractivity contribution in [2.24, 2.45) is 0 Å². The third-order valence-electron chi connectivity index (χ3n) is 3.42. The van der Waals surface area contributed by atoms with Crippen LogP contribution in [0.1, 0.15) is 10.4 Å². The quantitative estimate of drug-likeness (QED) is 0.566. The van der Waals surface area contributed by atoms with Crippen molar-refractivity contribution in [2.75, 3.05) is 12.4 Å². The highest BCUT2D eigenvalue weighted by molar-refractivity contribution is 5.90. The minimum Gasteiger partial charge on any atom is -0.506 e. The molecule has 0 unspecified atom stereocenters. The van der Waals surface area contributed by atoms with Gasteiger partial charge in [-0.05, 0) is 18.2 Å². The normalized spacial score (nSPS) is 10.2. The lowest BCUT2D eigenvalue weighted by molar-refractivity contribution is 0.0600. The fourth-order valence-corrected chi connectivity index (χ4v) is 2.21. The average molecular weight is 321 g/mol. The molecule has 0 aliphatic rings. The molecule has 3 aromatic rings. The number of aromatic nitrogens is 2. The fraction of sp³-hybridized carbons (Fsp3) is 0.0556. The molecule has 3 rings (SSSR count). The van der Waals surface area contributed by atoms with Crippen molar-refractivity contribution < 1.29 is 14.6 Å². The van der Waals surface area contributed by atoms with E-state index in [1.165, 1.54) is 19.5 Å². The second-order valence-electron chi connectivity index (χ2n) is 5.00. The van der Waals surface area contributed by atoms with Crippen LogP contribution in [0.2, 0.25) is 0 Å². The highest BCUT2D eigenvalue weighted by atomic mass is 16.5. The molecule has 2 aromatic carbocycles. The number of nitrogens with zero attached hydrogens (tertiary/aromatic N) is 2. The van der Waals surface area contributed by atoms with Gasteiger partial charge in [0.15, 0.2) is 0 Å². The van der Waals surface area contributed by atoms with Crippen molar-refractivity contribution in [3.63, 3.8) is 0 Å². The fourth-order valence-electron chi connectivity index (χ4n) is 2.21. The lowest BCUT2D eigenvalue weighted by Gasteiger charge is -2.10. The van der Waals surface area contributed by atoms with Gasteiger partial charge in [-0.3, -0.25) is 0 Å². The second-order valence-corrected chi connectivity index (χ2v) is 5.00. The predicted octanol–water partition coefficient (Wildman–Crippen LogP) is 3.38. The standard InChI is InChI=1S/C18H15N3O3/c1-24-18(23)13-7-8-14(16(22)9-13)21-17-10-15(19-11-20-17)12-5-3-2-4-6-12/h2-11,22H,1H3,(H,19,20,21). The molecule has 0 bridgehead atoms. The molecule has 0 saturated carbocycles. The summed E-state index contributed by atoms with van der Waals surface area (Å²) in [5.74, 6) is -0.0482. The highest BCUT2D eigenvalue weighted by Gasteiger charge is 2.10. The Labute approximate surface area is 138 Å². The van der Waals surface area contributed by atoms with Crippen LogP contribution in [0.3, 0.4) is 0 Å². The monoisotopic (exact) mass is 321 g/mol. The van der Waals surface area contributed by atoms with Gasteiger partial charge in [0, 0.05) is 11.6 Å². The van der Waals surface area contributed by atoms with Crippen molar-refractivity contribution in [3.8, 4) is 17.0 Å². The first-order chi connectivity index (χ1) is 11.7. The molecular formula is C18H15N3O3. The maximum absolute atomic E-state index is 11.5. The summed E-state index contributed by atoms with van der Waals surface area (Å²) >= 11 is 0. The van der Waals surface area contributed by atoms with Crippen LogP contribution < -0.4 is 5.32 Å². The third kappa shape index (κ3) is 3.33. The summed E-state index contributed by atoms with van der Waals surface area (Å²) in [5, 5.41) is 13.1. The summed E-state index contributed by atoms with van der Waals surface area (Å²) in [6.07, 6.45) is 1.45. The SMILES string of the molecule is COC(=O)c1ccc(Nc2cc(-c3ccccc3)ncn2)c(O)c1. The minimum atomic E-state index is -0.509. The Hall–Kier alpha value is -3.41. The van der Waals surface area contributed by atoms with E-state index in [4.69, 9.17) is 0 Å². The molecular weight excluding hydrogens is 306 g/mol. The first-order valence-electron chi connectivity index (χ1n) is 7.23. The van der Waals surface area contributed by atoms with Gasteiger partial charge in [-0.15, -0.1) is 0 Å². The molecule has 1 aromatic heterocycles. The van der Waals surface area contributed by atoms with Crippen molar-refractivity contribution >= 4 is 17.5 Å². The lowest BCUT2D eigenvalue weighted by Crippen LogP contribution is -2.02. The molecule has 1 heterocycles. The number of hydrogen-bond acceptors (Lipinski definition) is 6. The number of benzene rings is 2. The van der Waals surface area contributed by atoms with Gasteiger partial charge in [-0.1, -0.05) is 30.3 Å². The summed E-state index contributed by atoms with van der Waals surface area (Å²) in [5.41, 5.74) is 2.43. The average Bonchev–Trinajstić information content (AvgIpc) is 2.63. The molecule has 24 heavy (non-hydrogen) atoms. The van der Waals surface area contributed by atoms with Gasteiger partial charge in [0.25, 0.3) is 0 Å². The van der Waals surface area contributed by atoms with Gasteiger partial charge in [0.1, 0.15) is 17.9 Å². The Bertz CT molecular complexity index is 866. The number of methoxy groups -OCH3 is 1. The molecule has 0 aliphatic heterocycles. The van der Waals surface area contributed by atoms with Crippen molar-refractivity contribution in [1.82, 2.24) is 9.97 Å². The van der Waals surface area contributed by atoms with E-state index in [1.54, 1.807) is 18.2 Å². The number of nitrogens with one attached hydrogen (secondary N) is 1. The molecule has 0 aliphatic carbocycles. The Morgan fingerprint density at radius 3 is 2.58 bits per heavy atom. The Morgan fingerprint density at radius 1 is 1.08 bits per heavy atom. The topological polar surface area (TPSA) is 84.3 Å². The molecule has 120 valence electrons. The Morgan fingerprint density at radius 2 is 1.88 bits per heavy atom. The highest BCUT2D eigenvalue weighted by Crippen LogP contribution is 2.28. The number of carbonyl (C=O) groups excluding carboxylic acids is 1. The van der Waals surface area contributed by atoms with Crippen LogP contribution in [0.15, 0.2) is 60.9 Å². The number of rotatable bonds is 4. The van der Waals surface area contributed by atoms with Crippen LogP contribution >= 0.6 is 0 Å². The summed E-state index contributed by atoms with van der Waals surface area (Å²) in [6, 6.07) is 16.0. The first-order valence-corrected chi connectivity index (χ1v) is 7.23. The molecule has 6 nitrogen and oxygen atoms in total. The molecule has 0 radical (unpaired) electrons. The number of hydrogen-bond donors (Lipinski definition) is 2. The first kappa shape index (κ1) is 15.5. The number of carbonyl (C=O) groups is 1. The van der Waals surface area contributed by atoms with E-state index in [9.17, 15) is 9.90 Å². The van der Waals surface area contributed by atoms with Crippen LogP contribution in [0.4, 0.5) is 11.5 Å². The summed E-state index contributed by atoms with van der Waals surface area (Å²) in [4.78, 5) is 19.9. The lowest BCUT2D eigenvalue weighted by atomic mass is 10.1. The van der Waals surface area contributed by atoms with Crippen molar-refractivity contribution in [3.05, 3.63) is 66.5 Å². The summed E-state index contributed by atoms with van der Waals surface area (Å²) < 4.78 is 4.62. The van der Waals surface area contributed by atoms with E-state index in [-0.39, 0.29) is 11.3 Å². The van der Waals surface area contributed by atoms with E-state index in [2.05, 4.69) is 20.0 Å². The van der Waals surface area contributed by atoms with Crippen molar-refractivity contribution in [2.45, 2.75) is 0 Å². The minimum absolute atomic E-state index is 0.0715. The maximum atomic E-state index is 11.5. The molecule has 2 N–H and O–H groups in total. The number of esters is 1. The van der Waals surface area contributed by atoms with Gasteiger partial charge in [-0.2, -0.15) is 0 Å². The molecule has 6 heteroatoms. The third-order valence-corrected chi connectivity index (χ3v) is 3.42. The van der Waals surface area contributed by atoms with Crippen LogP contribution in [0.5, 0.6) is 5.75 Å². The van der Waals surface area contributed by atoms with E-state index in [1.807, 2.05) is 30.3 Å². The summed E-state index contributed by atoms with van der Waals surface area (Å²) in [6.45, 7) is 0. The van der Waals surface area contributed by atoms with E-state index in [0.717, 1.165) is 11.3 Å². The molecule has 0 spiro atoms. The Kier molecular flexibility index (Phi) is 4.38. The van der Waals surface area contributed by atoms with Gasteiger partial charge >= 0.3 is 5.97 Å². The van der Waals surface area contributed by atoms with Crippen molar-refractivity contribution in [1.29, 1.82) is 0 Å². The van der Waals surface area contributed by atoms with E-state index >= 15 is 0 Å². The Balaban J connectivity index is 1.85. The number of aromatic hydroxyl groups is 1. The molecule has 0 fully saturated rings. The zero-order valence-corrected chi connectivity index (χ0v) is 12.9. The van der Waals surface area contributed by atoms with Gasteiger partial charge in [0.2, 0.25) is 0 Å². The zero-order valence-electron chi connectivity index (χ0n) is 12.9. The number of anilines is 2. The summed E-state index contributed by atoms with van der Waals surface area (Å²) in [7, 11) is 1.29. The molecule has 0 atom stereocenters. The zero-order chi connectivity index (χ0) is 16.9. The van der Waals surface area contributed by atoms with Crippen LogP contribution in [-0.4, -0.2) is 28.2 Å². The van der Waals surface area contributed by atoms with E-state index < -0.39 is 5.97 Å². The number of ether oxygens (including phenoxy) is 1. The number of phenolic OH excluding ortho intramolecular Hbond substituents is 1.